The molecule has 14 heteroatoms. The van der Waals surface area contributed by atoms with Crippen LogP contribution in [0, 0.1) is 0 Å². The lowest BCUT2D eigenvalue weighted by atomic mass is 10.0. The average molecular weight is 618 g/mol. The maximum atomic E-state index is 14.4. The number of aliphatic hydroxyl groups excluding tert-OH is 1. The lowest BCUT2D eigenvalue weighted by Gasteiger charge is -2.23. The van der Waals surface area contributed by atoms with Gasteiger partial charge in [0.05, 0.1) is 50.4 Å². The zero-order valence-electron chi connectivity index (χ0n) is 24.6. The molecular formula is C30H34F3N5O6. The standard InChI is InChI=1S/C30H34F3N5O6/c1-42-11-8-34-26(40)17-37-10-7-23-27(18-12-21(43-2)15-22(13-18)44-3)35-38(29(41)28(23)37)25-14-19(36-9-6-20(39)16-36)4-5-24(25)30(31,32)33/h4-5,12-15,20,39H,6-11,16-17H2,1-3H3,(H,34,40). The molecule has 11 nitrogen and oxygen atoms in total. The van der Waals surface area contributed by atoms with Crippen molar-refractivity contribution in [1.82, 2.24) is 15.1 Å². The minimum atomic E-state index is -4.81. The molecule has 2 aliphatic rings. The molecule has 2 N–H and O–H groups in total. The number of fused-ring (bicyclic) bond motifs is 1. The van der Waals surface area contributed by atoms with Crippen molar-refractivity contribution in [3.05, 3.63) is 57.9 Å². The van der Waals surface area contributed by atoms with Crippen LogP contribution in [-0.2, 0) is 22.1 Å². The molecule has 1 aromatic heterocycles. The Hall–Kier alpha value is -4.30. The molecule has 2 aromatic carbocycles. The molecule has 0 bridgehead atoms. The Morgan fingerprint density at radius 3 is 2.43 bits per heavy atom. The number of amides is 1. The lowest BCUT2D eigenvalue weighted by Crippen LogP contribution is -2.40. The third-order valence-electron chi connectivity index (χ3n) is 7.75. The highest BCUT2D eigenvalue weighted by atomic mass is 19.4. The van der Waals surface area contributed by atoms with Crippen molar-refractivity contribution >= 4 is 17.3 Å². The number of ether oxygens (including phenoxy) is 3. The first-order valence-corrected chi connectivity index (χ1v) is 14.1. The van der Waals surface area contributed by atoms with Gasteiger partial charge in [-0.25, -0.2) is 0 Å². The third kappa shape index (κ3) is 6.31. The molecule has 44 heavy (non-hydrogen) atoms. The number of rotatable bonds is 10. The predicted octanol–water partition coefficient (Wildman–Crippen LogP) is 2.63. The number of hydrogen-bond acceptors (Lipinski definition) is 9. The number of nitrogens with one attached hydrogen (secondary N) is 1. The third-order valence-corrected chi connectivity index (χ3v) is 7.75. The van der Waals surface area contributed by atoms with Gasteiger partial charge in [0.1, 0.15) is 17.2 Å². The van der Waals surface area contributed by atoms with Crippen molar-refractivity contribution in [2.75, 3.05) is 70.5 Å². The van der Waals surface area contributed by atoms with Gasteiger partial charge < -0.3 is 34.4 Å². The highest BCUT2D eigenvalue weighted by Gasteiger charge is 2.37. The van der Waals surface area contributed by atoms with Crippen LogP contribution in [0.15, 0.2) is 41.2 Å². The highest BCUT2D eigenvalue weighted by Crippen LogP contribution is 2.39. The van der Waals surface area contributed by atoms with Gasteiger partial charge in [-0.3, -0.25) is 9.59 Å². The van der Waals surface area contributed by atoms with Crippen LogP contribution in [-0.4, -0.2) is 87.6 Å². The van der Waals surface area contributed by atoms with E-state index in [1.165, 1.54) is 33.5 Å². The van der Waals surface area contributed by atoms with E-state index in [0.717, 1.165) is 10.7 Å². The Labute approximate surface area is 251 Å². The van der Waals surface area contributed by atoms with Crippen molar-refractivity contribution in [3.8, 4) is 28.4 Å². The minimum Gasteiger partial charge on any atom is -0.497 e. The summed E-state index contributed by atoms with van der Waals surface area (Å²) in [6.07, 6.45) is -4.62. The maximum Gasteiger partial charge on any atom is 0.418 e. The average Bonchev–Trinajstić information content (AvgIpc) is 3.63. The molecule has 2 aliphatic heterocycles. The fraction of sp³-hybridized carbons (Fsp3) is 0.433. The maximum absolute atomic E-state index is 14.4. The van der Waals surface area contributed by atoms with Crippen molar-refractivity contribution in [2.24, 2.45) is 0 Å². The van der Waals surface area contributed by atoms with E-state index in [1.54, 1.807) is 28.0 Å². The number of nitrogens with zero attached hydrogens (tertiary/aromatic N) is 4. The number of aliphatic hydroxyl groups is 1. The summed E-state index contributed by atoms with van der Waals surface area (Å²) in [6.45, 7) is 1.34. The predicted molar refractivity (Wildman–Crippen MR) is 157 cm³/mol. The Bertz CT molecular complexity index is 1570. The van der Waals surface area contributed by atoms with Gasteiger partial charge in [-0.1, -0.05) is 0 Å². The molecule has 1 amide bonds. The summed E-state index contributed by atoms with van der Waals surface area (Å²) in [4.78, 5) is 30.2. The number of benzene rings is 2. The van der Waals surface area contributed by atoms with Crippen molar-refractivity contribution < 1.29 is 37.3 Å². The summed E-state index contributed by atoms with van der Waals surface area (Å²) in [6, 6.07) is 8.49. The molecule has 0 aliphatic carbocycles. The summed E-state index contributed by atoms with van der Waals surface area (Å²) in [7, 11) is 4.44. The minimum absolute atomic E-state index is 0.0915. The zero-order valence-corrected chi connectivity index (χ0v) is 24.6. The van der Waals surface area contributed by atoms with Gasteiger partial charge in [-0.2, -0.15) is 23.0 Å². The molecule has 236 valence electrons. The van der Waals surface area contributed by atoms with Gasteiger partial charge in [-0.15, -0.1) is 0 Å². The number of alkyl halides is 3. The largest absolute Gasteiger partial charge is 0.497 e. The molecule has 3 heterocycles. The van der Waals surface area contributed by atoms with Crippen LogP contribution >= 0.6 is 0 Å². The second-order valence-corrected chi connectivity index (χ2v) is 10.6. The van der Waals surface area contributed by atoms with Gasteiger partial charge in [0.15, 0.2) is 0 Å². The number of anilines is 2. The van der Waals surface area contributed by atoms with E-state index in [9.17, 15) is 27.9 Å². The molecule has 3 aromatic rings. The summed E-state index contributed by atoms with van der Waals surface area (Å²) >= 11 is 0. The van der Waals surface area contributed by atoms with Gasteiger partial charge in [-0.05, 0) is 43.2 Å². The van der Waals surface area contributed by atoms with E-state index in [-0.39, 0.29) is 43.5 Å². The number of carbonyl (C=O) groups excluding carboxylic acids is 1. The van der Waals surface area contributed by atoms with Gasteiger partial charge in [0.25, 0.3) is 5.56 Å². The van der Waals surface area contributed by atoms with Crippen LogP contribution in [0.4, 0.5) is 24.5 Å². The quantitative estimate of drug-likeness (QED) is 0.331. The fourth-order valence-electron chi connectivity index (χ4n) is 5.60. The molecule has 0 spiro atoms. The number of β-amino-alcohol motifs (C(OH)–C–C–N with tert-alkyl or cyclic N) is 1. The summed E-state index contributed by atoms with van der Waals surface area (Å²) in [5.41, 5.74) is -0.572. The first-order valence-electron chi connectivity index (χ1n) is 14.1. The smallest absolute Gasteiger partial charge is 0.418 e. The Morgan fingerprint density at radius 1 is 1.09 bits per heavy atom. The molecule has 1 atom stereocenters. The van der Waals surface area contributed by atoms with Crippen LogP contribution in [0.25, 0.3) is 16.9 Å². The van der Waals surface area contributed by atoms with Crippen LogP contribution in [0.1, 0.15) is 17.5 Å². The van der Waals surface area contributed by atoms with E-state index >= 15 is 0 Å². The molecule has 1 unspecified atom stereocenters. The molecule has 5 rings (SSSR count). The number of methoxy groups -OCH3 is 3. The molecular weight excluding hydrogens is 583 g/mol. The number of aromatic nitrogens is 2. The van der Waals surface area contributed by atoms with E-state index in [4.69, 9.17) is 14.2 Å². The van der Waals surface area contributed by atoms with E-state index in [0.29, 0.717) is 54.3 Å². The van der Waals surface area contributed by atoms with E-state index in [2.05, 4.69) is 10.4 Å². The Kier molecular flexibility index (Phi) is 9.02. The Morgan fingerprint density at radius 2 is 1.82 bits per heavy atom. The summed E-state index contributed by atoms with van der Waals surface area (Å²) in [5.74, 6) is 0.476. The van der Waals surface area contributed by atoms with Gasteiger partial charge >= 0.3 is 6.18 Å². The van der Waals surface area contributed by atoms with Crippen LogP contribution in [0.2, 0.25) is 0 Å². The second kappa shape index (κ2) is 12.7. The van der Waals surface area contributed by atoms with Gasteiger partial charge in [0, 0.05) is 56.2 Å². The highest BCUT2D eigenvalue weighted by molar-refractivity contribution is 5.84. The van der Waals surface area contributed by atoms with E-state index < -0.39 is 29.1 Å². The van der Waals surface area contributed by atoms with E-state index in [1.807, 2.05) is 0 Å². The number of hydrogen-bond donors (Lipinski definition) is 2. The lowest BCUT2D eigenvalue weighted by molar-refractivity contribution is -0.137. The first kappa shape index (κ1) is 31.1. The SMILES string of the molecule is COCCNC(=O)CN1CCc2c(-c3cc(OC)cc(OC)c3)nn(-c3cc(N4CCC(O)C4)ccc3C(F)(F)F)c(=O)c21. The van der Waals surface area contributed by atoms with Gasteiger partial charge in [0.2, 0.25) is 5.91 Å². The summed E-state index contributed by atoms with van der Waals surface area (Å²) < 4.78 is 59.8. The topological polar surface area (TPSA) is 118 Å². The van der Waals surface area contributed by atoms with Crippen molar-refractivity contribution in [1.29, 1.82) is 0 Å². The normalized spacial score (nSPS) is 16.3. The molecule has 0 saturated carbocycles. The molecule has 1 saturated heterocycles. The van der Waals surface area contributed by atoms with Crippen LogP contribution in [0.3, 0.4) is 0 Å². The monoisotopic (exact) mass is 617 g/mol. The Balaban J connectivity index is 1.72. The van der Waals surface area contributed by atoms with Crippen molar-refractivity contribution in [3.63, 3.8) is 0 Å². The molecule has 0 radical (unpaired) electrons. The van der Waals surface area contributed by atoms with Crippen LogP contribution < -0.4 is 30.1 Å². The first-order chi connectivity index (χ1) is 21.0. The fourth-order valence-corrected chi connectivity index (χ4v) is 5.60. The second-order valence-electron chi connectivity index (χ2n) is 10.6. The summed E-state index contributed by atoms with van der Waals surface area (Å²) in [5, 5.41) is 17.3. The number of halogens is 3. The molecule has 1 fully saturated rings. The van der Waals surface area contributed by atoms with Crippen LogP contribution in [0.5, 0.6) is 11.5 Å². The van der Waals surface area contributed by atoms with Crippen molar-refractivity contribution in [2.45, 2.75) is 25.1 Å². The zero-order chi connectivity index (χ0) is 31.6. The number of carbonyl (C=O) groups is 1.